The summed E-state index contributed by atoms with van der Waals surface area (Å²) in [6.45, 7) is 4.06. The van der Waals surface area contributed by atoms with Crippen LogP contribution in [0.3, 0.4) is 0 Å². The van der Waals surface area contributed by atoms with Gasteiger partial charge in [0.15, 0.2) is 15.6 Å². The molecular formula is C14H16N2O3S2. The Kier molecular flexibility index (Phi) is 3.11. The van der Waals surface area contributed by atoms with Crippen LogP contribution >= 0.6 is 11.3 Å². The normalized spacial score (nSPS) is 17.8. The summed E-state index contributed by atoms with van der Waals surface area (Å²) in [5.41, 5.74) is 1.84. The summed E-state index contributed by atoms with van der Waals surface area (Å²) in [7, 11) is -3.42. The molecule has 2 aromatic rings. The van der Waals surface area contributed by atoms with Gasteiger partial charge in [-0.3, -0.25) is 9.89 Å². The molecule has 0 saturated heterocycles. The largest absolute Gasteiger partial charge is 0.294 e. The molecule has 112 valence electrons. The predicted molar refractivity (Wildman–Crippen MR) is 81.4 cm³/mol. The average molecular weight is 324 g/mol. The van der Waals surface area contributed by atoms with Gasteiger partial charge in [-0.15, -0.1) is 11.3 Å². The highest BCUT2D eigenvalue weighted by Gasteiger charge is 2.38. The van der Waals surface area contributed by atoms with Crippen LogP contribution < -0.4 is 0 Å². The standard InChI is InChI=1S/C14H16N2O3S2/c1-14(2)6-8-11(10(17)7-14)13(21(3,18)19)20-12(8)9-4-5-15-16-9/h4-5H,6-7H2,1-3H3,(H,15,16). The number of H-pyrrole nitrogens is 1. The van der Waals surface area contributed by atoms with E-state index in [-0.39, 0.29) is 15.4 Å². The molecule has 0 radical (unpaired) electrons. The molecule has 2 aromatic heterocycles. The lowest BCUT2D eigenvalue weighted by atomic mass is 9.74. The van der Waals surface area contributed by atoms with Gasteiger partial charge in [0.1, 0.15) is 4.21 Å². The number of hydrogen-bond donors (Lipinski definition) is 1. The number of Topliss-reactive ketones (excluding diaryl/α,β-unsaturated/α-hetero) is 1. The Bertz CT molecular complexity index is 815. The van der Waals surface area contributed by atoms with Crippen molar-refractivity contribution in [1.82, 2.24) is 10.2 Å². The Morgan fingerprint density at radius 2 is 2.05 bits per heavy atom. The van der Waals surface area contributed by atoms with Gasteiger partial charge < -0.3 is 0 Å². The highest BCUT2D eigenvalue weighted by Crippen LogP contribution is 2.46. The molecule has 0 saturated carbocycles. The lowest BCUT2D eigenvalue weighted by Crippen LogP contribution is -2.27. The Hall–Kier alpha value is -1.47. The third-order valence-electron chi connectivity index (χ3n) is 3.63. The van der Waals surface area contributed by atoms with Crippen molar-refractivity contribution in [2.24, 2.45) is 5.41 Å². The Morgan fingerprint density at radius 3 is 2.62 bits per heavy atom. The molecular weight excluding hydrogens is 308 g/mol. The third-order valence-corrected chi connectivity index (χ3v) is 6.73. The first-order valence-electron chi connectivity index (χ1n) is 6.58. The zero-order valence-electron chi connectivity index (χ0n) is 12.1. The number of rotatable bonds is 2. The van der Waals surface area contributed by atoms with E-state index in [1.165, 1.54) is 0 Å². The molecule has 0 aromatic carbocycles. The first-order chi connectivity index (χ1) is 9.69. The fraction of sp³-hybridized carbons (Fsp3) is 0.429. The van der Waals surface area contributed by atoms with Crippen molar-refractivity contribution in [1.29, 1.82) is 0 Å². The number of fused-ring (bicyclic) bond motifs is 1. The van der Waals surface area contributed by atoms with Crippen LogP contribution in [0.25, 0.3) is 10.6 Å². The molecule has 0 unspecified atom stereocenters. The van der Waals surface area contributed by atoms with Crippen molar-refractivity contribution in [3.63, 3.8) is 0 Å². The minimum absolute atomic E-state index is 0.0799. The van der Waals surface area contributed by atoms with E-state index in [1.54, 1.807) is 12.3 Å². The van der Waals surface area contributed by atoms with Gasteiger partial charge in [-0.2, -0.15) is 5.10 Å². The molecule has 5 nitrogen and oxygen atoms in total. The van der Waals surface area contributed by atoms with E-state index < -0.39 is 9.84 Å². The van der Waals surface area contributed by atoms with Crippen LogP contribution in [0.1, 0.15) is 36.2 Å². The van der Waals surface area contributed by atoms with Gasteiger partial charge in [-0.25, -0.2) is 8.42 Å². The van der Waals surface area contributed by atoms with E-state index in [4.69, 9.17) is 0 Å². The minimum Gasteiger partial charge on any atom is -0.294 e. The molecule has 0 bridgehead atoms. The molecule has 0 atom stereocenters. The third kappa shape index (κ3) is 2.44. The van der Waals surface area contributed by atoms with E-state index in [0.717, 1.165) is 33.7 Å². The van der Waals surface area contributed by atoms with Gasteiger partial charge in [-0.1, -0.05) is 13.8 Å². The van der Waals surface area contributed by atoms with E-state index >= 15 is 0 Å². The number of sulfone groups is 1. The van der Waals surface area contributed by atoms with Crippen molar-refractivity contribution in [2.75, 3.05) is 6.26 Å². The van der Waals surface area contributed by atoms with Crippen molar-refractivity contribution in [3.8, 4) is 10.6 Å². The molecule has 2 heterocycles. The zero-order chi connectivity index (χ0) is 15.4. The van der Waals surface area contributed by atoms with Crippen LogP contribution in [0.4, 0.5) is 0 Å². The van der Waals surface area contributed by atoms with Crippen LogP contribution in [-0.4, -0.2) is 30.7 Å². The second-order valence-corrected chi connectivity index (χ2v) is 9.49. The van der Waals surface area contributed by atoms with Gasteiger partial charge in [0, 0.05) is 18.9 Å². The number of carbonyl (C=O) groups is 1. The van der Waals surface area contributed by atoms with Crippen LogP contribution in [0.15, 0.2) is 16.5 Å². The van der Waals surface area contributed by atoms with Crippen molar-refractivity contribution in [2.45, 2.75) is 30.9 Å². The van der Waals surface area contributed by atoms with Gasteiger partial charge in [-0.05, 0) is 23.5 Å². The summed E-state index contributed by atoms with van der Waals surface area (Å²) in [5.74, 6) is -0.0799. The van der Waals surface area contributed by atoms with Gasteiger partial charge in [0.2, 0.25) is 0 Å². The molecule has 0 spiro atoms. The number of aromatic nitrogens is 2. The molecule has 1 N–H and O–H groups in total. The van der Waals surface area contributed by atoms with E-state index in [0.29, 0.717) is 18.4 Å². The molecule has 1 aliphatic carbocycles. The maximum Gasteiger partial charge on any atom is 0.185 e. The van der Waals surface area contributed by atoms with Crippen LogP contribution in [0.5, 0.6) is 0 Å². The summed E-state index contributed by atoms with van der Waals surface area (Å²) >= 11 is 1.16. The number of nitrogens with one attached hydrogen (secondary N) is 1. The lowest BCUT2D eigenvalue weighted by Gasteiger charge is -2.29. The number of carbonyl (C=O) groups excluding carboxylic acids is 1. The number of hydrogen-bond acceptors (Lipinski definition) is 5. The fourth-order valence-corrected chi connectivity index (χ4v) is 5.33. The van der Waals surface area contributed by atoms with E-state index in [1.807, 2.05) is 13.8 Å². The molecule has 7 heteroatoms. The highest BCUT2D eigenvalue weighted by molar-refractivity contribution is 7.93. The zero-order valence-corrected chi connectivity index (χ0v) is 13.7. The van der Waals surface area contributed by atoms with Crippen molar-refractivity contribution < 1.29 is 13.2 Å². The number of aromatic amines is 1. The Balaban J connectivity index is 2.32. The van der Waals surface area contributed by atoms with Crippen LogP contribution in [0, 0.1) is 5.41 Å². The lowest BCUT2D eigenvalue weighted by molar-refractivity contribution is 0.0910. The highest BCUT2D eigenvalue weighted by atomic mass is 32.2. The first-order valence-corrected chi connectivity index (χ1v) is 9.28. The first kappa shape index (κ1) is 14.5. The number of thiophene rings is 1. The molecule has 0 aliphatic heterocycles. The summed E-state index contributed by atoms with van der Waals surface area (Å²) in [6, 6.07) is 1.80. The van der Waals surface area contributed by atoms with E-state index in [9.17, 15) is 13.2 Å². The summed E-state index contributed by atoms with van der Waals surface area (Å²) in [4.78, 5) is 13.3. The minimum atomic E-state index is -3.42. The van der Waals surface area contributed by atoms with Crippen LogP contribution in [-0.2, 0) is 16.3 Å². The van der Waals surface area contributed by atoms with E-state index in [2.05, 4.69) is 10.2 Å². The molecule has 1 aliphatic rings. The summed E-state index contributed by atoms with van der Waals surface area (Å²) < 4.78 is 24.2. The number of ketones is 1. The number of nitrogens with zero attached hydrogens (tertiary/aromatic N) is 1. The quantitative estimate of drug-likeness (QED) is 0.921. The SMILES string of the molecule is CC1(C)CC(=O)c2c(S(C)(=O)=O)sc(-c3ccn[nH]3)c2C1. The topological polar surface area (TPSA) is 79.9 Å². The molecule has 0 fully saturated rings. The maximum atomic E-state index is 12.5. The van der Waals surface area contributed by atoms with Gasteiger partial charge in [0.05, 0.1) is 16.1 Å². The maximum absolute atomic E-state index is 12.5. The Labute approximate surface area is 127 Å². The molecule has 0 amide bonds. The average Bonchev–Trinajstić information content (AvgIpc) is 2.91. The van der Waals surface area contributed by atoms with Crippen LogP contribution in [0.2, 0.25) is 0 Å². The second-order valence-electron chi connectivity index (χ2n) is 6.26. The fourth-order valence-electron chi connectivity index (χ4n) is 2.82. The van der Waals surface area contributed by atoms with Crippen molar-refractivity contribution in [3.05, 3.63) is 23.4 Å². The Morgan fingerprint density at radius 1 is 1.33 bits per heavy atom. The smallest absolute Gasteiger partial charge is 0.185 e. The van der Waals surface area contributed by atoms with Gasteiger partial charge >= 0.3 is 0 Å². The molecule has 21 heavy (non-hydrogen) atoms. The van der Waals surface area contributed by atoms with Gasteiger partial charge in [0.25, 0.3) is 0 Å². The molecule has 3 rings (SSSR count). The predicted octanol–water partition coefficient (Wildman–Crippen LogP) is 2.70. The summed E-state index contributed by atoms with van der Waals surface area (Å²) in [6.07, 6.45) is 3.84. The second kappa shape index (κ2) is 4.51. The summed E-state index contributed by atoms with van der Waals surface area (Å²) in [5, 5.41) is 6.79. The monoisotopic (exact) mass is 324 g/mol. The van der Waals surface area contributed by atoms with Crippen molar-refractivity contribution >= 4 is 27.0 Å².